The number of nitrogens with zero attached hydrogens (tertiary/aromatic N) is 1. The van der Waals surface area contributed by atoms with Gasteiger partial charge in [0.25, 0.3) is 0 Å². The molecular weight excluding hydrogens is 224 g/mol. The SMILES string of the molecule is CS(=O)(=O)Nc1ccc(C#N)c(Cl)c1. The second-order valence-corrected chi connectivity index (χ2v) is 4.84. The van der Waals surface area contributed by atoms with Gasteiger partial charge in [-0.25, -0.2) is 8.42 Å². The summed E-state index contributed by atoms with van der Waals surface area (Å²) < 4.78 is 23.9. The van der Waals surface area contributed by atoms with Crippen molar-refractivity contribution >= 4 is 27.3 Å². The van der Waals surface area contributed by atoms with Gasteiger partial charge in [0.15, 0.2) is 0 Å². The Kier molecular flexibility index (Phi) is 2.99. The Labute approximate surface area is 87.2 Å². The summed E-state index contributed by atoms with van der Waals surface area (Å²) in [5.41, 5.74) is 0.655. The highest BCUT2D eigenvalue weighted by Crippen LogP contribution is 2.20. The van der Waals surface area contributed by atoms with E-state index in [-0.39, 0.29) is 5.02 Å². The number of rotatable bonds is 2. The number of benzene rings is 1. The molecule has 1 aromatic carbocycles. The lowest BCUT2D eigenvalue weighted by molar-refractivity contribution is 0.607. The van der Waals surface area contributed by atoms with Crippen LogP contribution in [0.25, 0.3) is 0 Å². The predicted octanol–water partition coefficient (Wildman–Crippen LogP) is 1.58. The molecule has 0 aliphatic heterocycles. The van der Waals surface area contributed by atoms with Crippen LogP contribution in [0.2, 0.25) is 5.02 Å². The van der Waals surface area contributed by atoms with E-state index in [1.54, 1.807) is 0 Å². The van der Waals surface area contributed by atoms with Crippen molar-refractivity contribution in [2.45, 2.75) is 0 Å². The van der Waals surface area contributed by atoms with Crippen LogP contribution in [-0.4, -0.2) is 14.7 Å². The molecule has 14 heavy (non-hydrogen) atoms. The lowest BCUT2D eigenvalue weighted by Gasteiger charge is -2.04. The lowest BCUT2D eigenvalue weighted by Crippen LogP contribution is -2.09. The molecule has 0 aliphatic rings. The summed E-state index contributed by atoms with van der Waals surface area (Å²) in [4.78, 5) is 0. The zero-order valence-corrected chi connectivity index (χ0v) is 8.85. The minimum Gasteiger partial charge on any atom is -0.284 e. The van der Waals surface area contributed by atoms with Gasteiger partial charge in [0, 0.05) is 0 Å². The fraction of sp³-hybridized carbons (Fsp3) is 0.125. The maximum atomic E-state index is 10.8. The van der Waals surface area contributed by atoms with E-state index < -0.39 is 10.0 Å². The van der Waals surface area contributed by atoms with Gasteiger partial charge in [0.05, 0.1) is 22.5 Å². The van der Waals surface area contributed by atoms with Gasteiger partial charge in [-0.05, 0) is 18.2 Å². The van der Waals surface area contributed by atoms with Crippen molar-refractivity contribution in [1.82, 2.24) is 0 Å². The molecule has 6 heteroatoms. The summed E-state index contributed by atoms with van der Waals surface area (Å²) in [5.74, 6) is 0. The first kappa shape index (κ1) is 10.8. The van der Waals surface area contributed by atoms with Gasteiger partial charge in [-0.2, -0.15) is 5.26 Å². The van der Waals surface area contributed by atoms with Crippen LogP contribution >= 0.6 is 11.6 Å². The summed E-state index contributed by atoms with van der Waals surface area (Å²) in [7, 11) is -3.31. The Morgan fingerprint density at radius 1 is 1.50 bits per heavy atom. The highest BCUT2D eigenvalue weighted by molar-refractivity contribution is 7.92. The van der Waals surface area contributed by atoms with Crippen LogP contribution in [0.4, 0.5) is 5.69 Å². The van der Waals surface area contributed by atoms with Gasteiger partial charge in [0.2, 0.25) is 10.0 Å². The standard InChI is InChI=1S/C8H7ClN2O2S/c1-14(12,13)11-7-3-2-6(5-10)8(9)4-7/h2-4,11H,1H3. The van der Waals surface area contributed by atoms with Crippen LogP contribution in [0.3, 0.4) is 0 Å². The quantitative estimate of drug-likeness (QED) is 0.839. The van der Waals surface area contributed by atoms with Crippen LogP contribution in [0, 0.1) is 11.3 Å². The Morgan fingerprint density at radius 3 is 2.57 bits per heavy atom. The molecule has 0 saturated heterocycles. The summed E-state index contributed by atoms with van der Waals surface area (Å²) in [6.07, 6.45) is 1.04. The van der Waals surface area contributed by atoms with Crippen molar-refractivity contribution < 1.29 is 8.42 Å². The largest absolute Gasteiger partial charge is 0.284 e. The van der Waals surface area contributed by atoms with Crippen LogP contribution in [-0.2, 0) is 10.0 Å². The van der Waals surface area contributed by atoms with Crippen LogP contribution in [0.1, 0.15) is 5.56 Å². The molecule has 0 radical (unpaired) electrons. The Hall–Kier alpha value is -1.25. The smallest absolute Gasteiger partial charge is 0.229 e. The average Bonchev–Trinajstić information content (AvgIpc) is 2.01. The molecule has 0 aromatic heterocycles. The van der Waals surface area contributed by atoms with Crippen molar-refractivity contribution in [2.24, 2.45) is 0 Å². The number of halogens is 1. The summed E-state index contributed by atoms with van der Waals surface area (Å²) in [6.45, 7) is 0. The third-order valence-corrected chi connectivity index (χ3v) is 2.31. The van der Waals surface area contributed by atoms with E-state index in [1.165, 1.54) is 18.2 Å². The first-order valence-electron chi connectivity index (χ1n) is 3.60. The fourth-order valence-electron chi connectivity index (χ4n) is 0.883. The second kappa shape index (κ2) is 3.86. The van der Waals surface area contributed by atoms with Gasteiger partial charge < -0.3 is 0 Å². The summed E-state index contributed by atoms with van der Waals surface area (Å²) in [5, 5.41) is 8.79. The van der Waals surface area contributed by atoms with Crippen LogP contribution in [0.15, 0.2) is 18.2 Å². The molecule has 1 aromatic rings. The molecule has 0 amide bonds. The third kappa shape index (κ3) is 2.91. The van der Waals surface area contributed by atoms with Gasteiger partial charge in [-0.3, -0.25) is 4.72 Å². The zero-order valence-electron chi connectivity index (χ0n) is 7.28. The van der Waals surface area contributed by atoms with E-state index in [2.05, 4.69) is 4.72 Å². The topological polar surface area (TPSA) is 70.0 Å². The van der Waals surface area contributed by atoms with E-state index in [9.17, 15) is 8.42 Å². The zero-order chi connectivity index (χ0) is 10.8. The van der Waals surface area contributed by atoms with E-state index in [1.807, 2.05) is 6.07 Å². The molecule has 0 fully saturated rings. The highest BCUT2D eigenvalue weighted by atomic mass is 35.5. The number of anilines is 1. The molecular formula is C8H7ClN2O2S. The minimum absolute atomic E-state index is 0.223. The van der Waals surface area contributed by atoms with E-state index in [0.717, 1.165) is 6.26 Å². The molecule has 0 bridgehead atoms. The van der Waals surface area contributed by atoms with Gasteiger partial charge in [-0.1, -0.05) is 11.6 Å². The Morgan fingerprint density at radius 2 is 2.14 bits per heavy atom. The highest BCUT2D eigenvalue weighted by Gasteiger charge is 2.04. The van der Waals surface area contributed by atoms with Crippen molar-refractivity contribution in [3.05, 3.63) is 28.8 Å². The first-order chi connectivity index (χ1) is 6.42. The molecule has 0 unspecified atom stereocenters. The number of nitriles is 1. The molecule has 0 saturated carbocycles. The molecule has 1 N–H and O–H groups in total. The van der Waals surface area contributed by atoms with Crippen molar-refractivity contribution in [3.63, 3.8) is 0 Å². The maximum Gasteiger partial charge on any atom is 0.229 e. The predicted molar refractivity (Wildman–Crippen MR) is 54.6 cm³/mol. The molecule has 0 heterocycles. The third-order valence-electron chi connectivity index (χ3n) is 1.39. The van der Waals surface area contributed by atoms with E-state index in [0.29, 0.717) is 11.3 Å². The normalized spacial score (nSPS) is 10.6. The monoisotopic (exact) mass is 230 g/mol. The van der Waals surface area contributed by atoms with Crippen LogP contribution in [0.5, 0.6) is 0 Å². The molecule has 0 atom stereocenters. The van der Waals surface area contributed by atoms with Gasteiger partial charge >= 0.3 is 0 Å². The summed E-state index contributed by atoms with van der Waals surface area (Å²) in [6, 6.07) is 6.20. The van der Waals surface area contributed by atoms with E-state index in [4.69, 9.17) is 16.9 Å². The Bertz CT molecular complexity index is 491. The number of hydrogen-bond acceptors (Lipinski definition) is 3. The Balaban J connectivity index is 3.06. The first-order valence-corrected chi connectivity index (χ1v) is 5.87. The van der Waals surface area contributed by atoms with Crippen LogP contribution < -0.4 is 4.72 Å². The molecule has 0 aliphatic carbocycles. The van der Waals surface area contributed by atoms with Crippen molar-refractivity contribution in [3.8, 4) is 6.07 Å². The molecule has 74 valence electrons. The number of sulfonamides is 1. The molecule has 4 nitrogen and oxygen atoms in total. The number of hydrogen-bond donors (Lipinski definition) is 1. The molecule has 1 rings (SSSR count). The lowest BCUT2D eigenvalue weighted by atomic mass is 10.2. The van der Waals surface area contributed by atoms with Crippen molar-refractivity contribution in [2.75, 3.05) is 11.0 Å². The number of nitrogens with one attached hydrogen (secondary N) is 1. The van der Waals surface area contributed by atoms with Gasteiger partial charge in [0.1, 0.15) is 6.07 Å². The fourth-order valence-corrected chi connectivity index (χ4v) is 1.66. The van der Waals surface area contributed by atoms with E-state index >= 15 is 0 Å². The second-order valence-electron chi connectivity index (χ2n) is 2.68. The van der Waals surface area contributed by atoms with Gasteiger partial charge in [-0.15, -0.1) is 0 Å². The summed E-state index contributed by atoms with van der Waals surface area (Å²) >= 11 is 5.70. The molecule has 0 spiro atoms. The average molecular weight is 231 g/mol. The van der Waals surface area contributed by atoms with Crippen molar-refractivity contribution in [1.29, 1.82) is 5.26 Å². The maximum absolute atomic E-state index is 10.8. The minimum atomic E-state index is -3.31.